The van der Waals surface area contributed by atoms with E-state index in [-0.39, 0.29) is 23.4 Å². The van der Waals surface area contributed by atoms with Gasteiger partial charge in [-0.05, 0) is 36.5 Å². The number of benzene rings is 1. The minimum Gasteiger partial charge on any atom is -0.383 e. The molecule has 0 radical (unpaired) electrons. The van der Waals surface area contributed by atoms with Crippen LogP contribution in [0.3, 0.4) is 0 Å². The van der Waals surface area contributed by atoms with Gasteiger partial charge in [-0.3, -0.25) is 4.79 Å². The molecule has 1 saturated heterocycles. The summed E-state index contributed by atoms with van der Waals surface area (Å²) in [5.74, 6) is 0.289. The van der Waals surface area contributed by atoms with Gasteiger partial charge < -0.3 is 20.3 Å². The minimum atomic E-state index is -4.46. The van der Waals surface area contributed by atoms with Crippen molar-refractivity contribution in [1.82, 2.24) is 10.2 Å². The number of urea groups is 1. The lowest BCUT2D eigenvalue weighted by Gasteiger charge is -2.38. The third-order valence-electron chi connectivity index (χ3n) is 5.22. The molecule has 0 saturated carbocycles. The Morgan fingerprint density at radius 2 is 2.03 bits per heavy atom. The van der Waals surface area contributed by atoms with Crippen LogP contribution in [0.25, 0.3) is 0 Å². The van der Waals surface area contributed by atoms with Crippen LogP contribution in [0.1, 0.15) is 31.7 Å². The molecular formula is C20H28F3N3O3. The molecule has 1 heterocycles. The van der Waals surface area contributed by atoms with Gasteiger partial charge in [0, 0.05) is 38.9 Å². The van der Waals surface area contributed by atoms with E-state index < -0.39 is 17.8 Å². The molecule has 1 fully saturated rings. The molecular weight excluding hydrogens is 387 g/mol. The Morgan fingerprint density at radius 1 is 1.28 bits per heavy atom. The van der Waals surface area contributed by atoms with Crippen molar-refractivity contribution in [2.24, 2.45) is 11.8 Å². The van der Waals surface area contributed by atoms with Gasteiger partial charge in [-0.25, -0.2) is 4.79 Å². The number of carbonyl (C=O) groups excluding carboxylic acids is 2. The maximum absolute atomic E-state index is 12.8. The molecule has 2 unspecified atom stereocenters. The largest absolute Gasteiger partial charge is 0.416 e. The van der Waals surface area contributed by atoms with Crippen LogP contribution in [0.5, 0.6) is 0 Å². The normalized spacial score (nSPS) is 19.7. The van der Waals surface area contributed by atoms with Gasteiger partial charge in [0.1, 0.15) is 0 Å². The molecule has 1 aliphatic heterocycles. The molecule has 1 aliphatic rings. The van der Waals surface area contributed by atoms with Crippen molar-refractivity contribution in [3.05, 3.63) is 29.8 Å². The summed E-state index contributed by atoms with van der Waals surface area (Å²) in [5.41, 5.74) is -0.697. The van der Waals surface area contributed by atoms with E-state index in [1.807, 2.05) is 6.92 Å². The van der Waals surface area contributed by atoms with Gasteiger partial charge >= 0.3 is 12.2 Å². The maximum atomic E-state index is 12.8. The number of halogens is 3. The lowest BCUT2D eigenvalue weighted by molar-refractivity contribution is -0.137. The Bertz CT molecular complexity index is 697. The molecule has 1 aromatic rings. The van der Waals surface area contributed by atoms with E-state index in [9.17, 15) is 22.8 Å². The first-order valence-electron chi connectivity index (χ1n) is 9.73. The molecule has 0 aromatic heterocycles. The highest BCUT2D eigenvalue weighted by molar-refractivity contribution is 5.89. The van der Waals surface area contributed by atoms with E-state index in [1.165, 1.54) is 12.1 Å². The molecule has 6 nitrogen and oxygen atoms in total. The van der Waals surface area contributed by atoms with Gasteiger partial charge in [-0.2, -0.15) is 13.2 Å². The molecule has 0 spiro atoms. The van der Waals surface area contributed by atoms with Gasteiger partial charge in [-0.15, -0.1) is 0 Å². The molecule has 3 amide bonds. The van der Waals surface area contributed by atoms with E-state index in [2.05, 4.69) is 10.6 Å². The second kappa shape index (κ2) is 10.5. The summed E-state index contributed by atoms with van der Waals surface area (Å²) in [4.78, 5) is 26.2. The molecule has 1 aromatic carbocycles. The number of amides is 3. The number of likely N-dealkylation sites (tertiary alicyclic amines) is 1. The zero-order valence-corrected chi connectivity index (χ0v) is 16.7. The number of rotatable bonds is 7. The Hall–Kier alpha value is -2.29. The fourth-order valence-electron chi connectivity index (χ4n) is 3.58. The minimum absolute atomic E-state index is 0.0348. The summed E-state index contributed by atoms with van der Waals surface area (Å²) in [7, 11) is 1.57. The molecule has 0 aliphatic carbocycles. The van der Waals surface area contributed by atoms with E-state index in [1.54, 1.807) is 12.0 Å². The standard InChI is InChI=1S/C20H28F3N3O3/c1-3-14-13-26(9-7-15(14)11-18(27)24-8-10-29-2)19(28)25-17-6-4-5-16(12-17)20(21,22)23/h4-6,12,14-15H,3,7-11,13H2,1-2H3,(H,24,27)(H,25,28). The first-order valence-corrected chi connectivity index (χ1v) is 9.73. The summed E-state index contributed by atoms with van der Waals surface area (Å²) in [6.07, 6.45) is -2.59. The number of alkyl halides is 3. The molecule has 2 atom stereocenters. The van der Waals surface area contributed by atoms with Gasteiger partial charge in [-0.1, -0.05) is 19.4 Å². The van der Waals surface area contributed by atoms with E-state index >= 15 is 0 Å². The SMILES string of the molecule is CCC1CN(C(=O)Nc2cccc(C(F)(F)F)c2)CCC1CC(=O)NCCOC. The number of methoxy groups -OCH3 is 1. The van der Waals surface area contributed by atoms with Crippen molar-refractivity contribution >= 4 is 17.6 Å². The van der Waals surface area contributed by atoms with Crippen LogP contribution in [0.15, 0.2) is 24.3 Å². The van der Waals surface area contributed by atoms with E-state index in [0.717, 1.165) is 18.6 Å². The first kappa shape index (κ1) is 23.0. The summed E-state index contributed by atoms with van der Waals surface area (Å²) in [6, 6.07) is 4.16. The van der Waals surface area contributed by atoms with Crippen LogP contribution in [-0.2, 0) is 15.7 Å². The van der Waals surface area contributed by atoms with Gasteiger partial charge in [0.05, 0.1) is 12.2 Å². The van der Waals surface area contributed by atoms with Crippen molar-refractivity contribution in [1.29, 1.82) is 0 Å². The zero-order valence-electron chi connectivity index (χ0n) is 16.7. The predicted octanol–water partition coefficient (Wildman–Crippen LogP) is 3.74. The molecule has 29 heavy (non-hydrogen) atoms. The second-order valence-electron chi connectivity index (χ2n) is 7.22. The highest BCUT2D eigenvalue weighted by Crippen LogP contribution is 2.32. The van der Waals surface area contributed by atoms with Crippen molar-refractivity contribution in [3.8, 4) is 0 Å². The average molecular weight is 415 g/mol. The van der Waals surface area contributed by atoms with Crippen LogP contribution in [0.4, 0.5) is 23.7 Å². The predicted molar refractivity (Wildman–Crippen MR) is 103 cm³/mol. The number of carbonyl (C=O) groups is 2. The molecule has 9 heteroatoms. The Balaban J connectivity index is 1.91. The fraction of sp³-hybridized carbons (Fsp3) is 0.600. The molecule has 2 rings (SSSR count). The van der Waals surface area contributed by atoms with Gasteiger partial charge in [0.15, 0.2) is 0 Å². The van der Waals surface area contributed by atoms with Crippen LogP contribution in [0, 0.1) is 11.8 Å². The van der Waals surface area contributed by atoms with E-state index in [0.29, 0.717) is 39.1 Å². The van der Waals surface area contributed by atoms with Crippen LogP contribution in [-0.4, -0.2) is 50.2 Å². The maximum Gasteiger partial charge on any atom is 0.416 e. The van der Waals surface area contributed by atoms with E-state index in [4.69, 9.17) is 4.74 Å². The molecule has 162 valence electrons. The Kier molecular flexibility index (Phi) is 8.31. The highest BCUT2D eigenvalue weighted by atomic mass is 19.4. The monoisotopic (exact) mass is 415 g/mol. The number of hydrogen-bond donors (Lipinski definition) is 2. The summed E-state index contributed by atoms with van der Waals surface area (Å²) >= 11 is 0. The van der Waals surface area contributed by atoms with Crippen molar-refractivity contribution in [3.63, 3.8) is 0 Å². The molecule has 2 N–H and O–H groups in total. The number of nitrogens with zero attached hydrogens (tertiary/aromatic N) is 1. The lowest BCUT2D eigenvalue weighted by atomic mass is 9.81. The van der Waals surface area contributed by atoms with Gasteiger partial charge in [0.2, 0.25) is 5.91 Å². The number of ether oxygens (including phenoxy) is 1. The lowest BCUT2D eigenvalue weighted by Crippen LogP contribution is -2.46. The number of piperidine rings is 1. The average Bonchev–Trinajstić information content (AvgIpc) is 2.68. The number of anilines is 1. The Labute approximate surface area is 168 Å². The molecule has 0 bridgehead atoms. The quantitative estimate of drug-likeness (QED) is 0.667. The van der Waals surface area contributed by atoms with Crippen LogP contribution >= 0.6 is 0 Å². The van der Waals surface area contributed by atoms with Crippen molar-refractivity contribution in [2.75, 3.05) is 38.7 Å². The first-order chi connectivity index (χ1) is 13.7. The summed E-state index contributed by atoms with van der Waals surface area (Å²) in [6.45, 7) is 3.85. The van der Waals surface area contributed by atoms with Gasteiger partial charge in [0.25, 0.3) is 0 Å². The topological polar surface area (TPSA) is 70.7 Å². The zero-order chi connectivity index (χ0) is 21.4. The van der Waals surface area contributed by atoms with Crippen LogP contribution < -0.4 is 10.6 Å². The van der Waals surface area contributed by atoms with Crippen LogP contribution in [0.2, 0.25) is 0 Å². The third-order valence-corrected chi connectivity index (χ3v) is 5.22. The van der Waals surface area contributed by atoms with Crippen molar-refractivity contribution in [2.45, 2.75) is 32.4 Å². The Morgan fingerprint density at radius 3 is 2.69 bits per heavy atom. The van der Waals surface area contributed by atoms with Crippen molar-refractivity contribution < 1.29 is 27.5 Å². The second-order valence-corrected chi connectivity index (χ2v) is 7.22. The highest BCUT2D eigenvalue weighted by Gasteiger charge is 2.33. The number of hydrogen-bond acceptors (Lipinski definition) is 3. The number of nitrogens with one attached hydrogen (secondary N) is 2. The fourth-order valence-corrected chi connectivity index (χ4v) is 3.58. The summed E-state index contributed by atoms with van der Waals surface area (Å²) in [5, 5.41) is 5.36. The summed E-state index contributed by atoms with van der Waals surface area (Å²) < 4.78 is 43.4. The third kappa shape index (κ3) is 6.92. The smallest absolute Gasteiger partial charge is 0.383 e.